The Morgan fingerprint density at radius 2 is 1.90 bits per heavy atom. The van der Waals surface area contributed by atoms with Gasteiger partial charge in [0.05, 0.1) is 21.8 Å². The van der Waals surface area contributed by atoms with Gasteiger partial charge in [0.1, 0.15) is 5.82 Å². The zero-order valence-corrected chi connectivity index (χ0v) is 16.3. The average Bonchev–Trinajstić information content (AvgIpc) is 3.44. The number of amides is 1. The molecule has 0 aliphatic heterocycles. The van der Waals surface area contributed by atoms with E-state index in [0.29, 0.717) is 22.7 Å². The molecule has 0 fully saturated rings. The van der Waals surface area contributed by atoms with Gasteiger partial charge >= 0.3 is 0 Å². The third-order valence-corrected chi connectivity index (χ3v) is 5.35. The summed E-state index contributed by atoms with van der Waals surface area (Å²) in [4.78, 5) is 22.6. The molecule has 0 saturated heterocycles. The summed E-state index contributed by atoms with van der Waals surface area (Å²) in [5.41, 5.74) is 1.73. The van der Waals surface area contributed by atoms with Crippen molar-refractivity contribution in [3.05, 3.63) is 89.9 Å². The molecule has 0 spiro atoms. The Labute approximate surface area is 174 Å². The van der Waals surface area contributed by atoms with Gasteiger partial charge in [-0.25, -0.2) is 14.1 Å². The maximum absolute atomic E-state index is 13.8. The van der Waals surface area contributed by atoms with E-state index >= 15 is 0 Å². The first kappa shape index (κ1) is 18.1. The number of hydrogen-bond acceptors (Lipinski definition) is 5. The summed E-state index contributed by atoms with van der Waals surface area (Å²) in [5.74, 6) is -0.415. The van der Waals surface area contributed by atoms with Crippen LogP contribution in [0.5, 0.6) is 0 Å². The van der Waals surface area contributed by atoms with Crippen molar-refractivity contribution in [2.75, 3.05) is 5.32 Å². The van der Waals surface area contributed by atoms with Crippen molar-refractivity contribution in [1.82, 2.24) is 19.7 Å². The minimum absolute atomic E-state index is 0.0180. The largest absolute Gasteiger partial charge is 0.317 e. The molecule has 5 rings (SSSR count). The lowest BCUT2D eigenvalue weighted by atomic mass is 10.2. The predicted molar refractivity (Wildman–Crippen MR) is 114 cm³/mol. The Morgan fingerprint density at radius 3 is 2.73 bits per heavy atom. The van der Waals surface area contributed by atoms with Gasteiger partial charge in [-0.3, -0.25) is 9.78 Å². The zero-order valence-electron chi connectivity index (χ0n) is 15.5. The highest BCUT2D eigenvalue weighted by atomic mass is 32.1. The summed E-state index contributed by atoms with van der Waals surface area (Å²) >= 11 is 1.46. The van der Waals surface area contributed by atoms with Crippen molar-refractivity contribution in [1.29, 1.82) is 0 Å². The van der Waals surface area contributed by atoms with E-state index in [9.17, 15) is 9.18 Å². The standard InChI is InChI=1S/C22H14FN5OS/c23-15-7-2-8-16(13-15)28-21(18-10-4-12-30-18)26-20(27-28)22(29)25-17-9-1-5-14-6-3-11-24-19(14)17/h1-13H,(H,25,29). The Hall–Kier alpha value is -3.91. The molecule has 0 unspecified atom stereocenters. The monoisotopic (exact) mass is 415 g/mol. The fraction of sp³-hybridized carbons (Fsp3) is 0. The fourth-order valence-electron chi connectivity index (χ4n) is 3.14. The van der Waals surface area contributed by atoms with E-state index in [2.05, 4.69) is 20.4 Å². The molecule has 3 aromatic heterocycles. The van der Waals surface area contributed by atoms with Gasteiger partial charge < -0.3 is 5.32 Å². The summed E-state index contributed by atoms with van der Waals surface area (Å²) in [7, 11) is 0. The SMILES string of the molecule is O=C(Nc1cccc2cccnc12)c1nc(-c2cccs2)n(-c2cccc(F)c2)n1. The molecule has 5 aromatic rings. The smallest absolute Gasteiger partial charge is 0.295 e. The molecule has 146 valence electrons. The van der Waals surface area contributed by atoms with Crippen LogP contribution in [0.2, 0.25) is 0 Å². The molecule has 1 amide bonds. The molecule has 8 heteroatoms. The highest BCUT2D eigenvalue weighted by Gasteiger charge is 2.20. The number of para-hydroxylation sites is 1. The van der Waals surface area contributed by atoms with Crippen molar-refractivity contribution < 1.29 is 9.18 Å². The molecule has 0 aliphatic carbocycles. The van der Waals surface area contributed by atoms with E-state index < -0.39 is 11.7 Å². The number of aromatic nitrogens is 4. The molecule has 0 aliphatic rings. The number of rotatable bonds is 4. The van der Waals surface area contributed by atoms with Crippen molar-refractivity contribution in [3.8, 4) is 16.4 Å². The van der Waals surface area contributed by atoms with Crippen LogP contribution in [0.3, 0.4) is 0 Å². The first-order valence-corrected chi connectivity index (χ1v) is 9.99. The third kappa shape index (κ3) is 3.33. The maximum atomic E-state index is 13.8. The predicted octanol–water partition coefficient (Wildman–Crippen LogP) is 4.94. The van der Waals surface area contributed by atoms with Crippen LogP contribution in [-0.4, -0.2) is 25.7 Å². The lowest BCUT2D eigenvalue weighted by molar-refractivity contribution is 0.101. The number of fused-ring (bicyclic) bond motifs is 1. The van der Waals surface area contributed by atoms with Crippen LogP contribution in [-0.2, 0) is 0 Å². The molecule has 6 nitrogen and oxygen atoms in total. The molecular weight excluding hydrogens is 401 g/mol. The molecule has 0 bridgehead atoms. The molecule has 0 saturated carbocycles. The van der Waals surface area contributed by atoms with Crippen molar-refractivity contribution in [2.24, 2.45) is 0 Å². The number of thiophene rings is 1. The minimum atomic E-state index is -0.471. The van der Waals surface area contributed by atoms with Crippen LogP contribution >= 0.6 is 11.3 Å². The van der Waals surface area contributed by atoms with Gasteiger partial charge in [0.25, 0.3) is 5.91 Å². The number of carbonyl (C=O) groups excluding carboxylic acids is 1. The van der Waals surface area contributed by atoms with Gasteiger partial charge in [-0.2, -0.15) is 0 Å². The summed E-state index contributed by atoms with van der Waals surface area (Å²) in [5, 5.41) is 10.0. The van der Waals surface area contributed by atoms with E-state index in [0.717, 1.165) is 10.3 Å². The van der Waals surface area contributed by atoms with Crippen LogP contribution in [0.1, 0.15) is 10.6 Å². The Balaban J connectivity index is 1.56. The van der Waals surface area contributed by atoms with Crippen LogP contribution in [0.15, 0.2) is 78.3 Å². The number of carbonyl (C=O) groups is 1. The normalized spacial score (nSPS) is 11.0. The summed E-state index contributed by atoms with van der Waals surface area (Å²) in [6.45, 7) is 0. The Bertz CT molecular complexity index is 1360. The second kappa shape index (κ2) is 7.49. The van der Waals surface area contributed by atoms with Crippen LogP contribution in [0, 0.1) is 5.82 Å². The fourth-order valence-corrected chi connectivity index (χ4v) is 3.84. The second-order valence-electron chi connectivity index (χ2n) is 6.46. The van der Waals surface area contributed by atoms with E-state index in [1.165, 1.54) is 28.2 Å². The number of nitrogens with one attached hydrogen (secondary N) is 1. The quantitative estimate of drug-likeness (QED) is 0.451. The highest BCUT2D eigenvalue weighted by Crippen LogP contribution is 2.26. The Kier molecular flexibility index (Phi) is 4.53. The van der Waals surface area contributed by atoms with Crippen molar-refractivity contribution in [3.63, 3.8) is 0 Å². The number of benzene rings is 2. The summed E-state index contributed by atoms with van der Waals surface area (Å²) in [6, 6.07) is 19.1. The van der Waals surface area contributed by atoms with E-state index in [-0.39, 0.29) is 5.82 Å². The lowest BCUT2D eigenvalue weighted by Crippen LogP contribution is -2.14. The first-order valence-electron chi connectivity index (χ1n) is 9.11. The van der Waals surface area contributed by atoms with Gasteiger partial charge in [-0.15, -0.1) is 16.4 Å². The van der Waals surface area contributed by atoms with Gasteiger partial charge in [-0.05, 0) is 41.8 Å². The summed E-state index contributed by atoms with van der Waals surface area (Å²) < 4.78 is 15.3. The molecule has 3 heterocycles. The lowest BCUT2D eigenvalue weighted by Gasteiger charge is -2.06. The zero-order chi connectivity index (χ0) is 20.5. The molecule has 0 atom stereocenters. The second-order valence-corrected chi connectivity index (χ2v) is 7.41. The molecular formula is C22H14FN5OS. The molecule has 2 aromatic carbocycles. The molecule has 0 radical (unpaired) electrons. The number of pyridine rings is 1. The molecule has 30 heavy (non-hydrogen) atoms. The van der Waals surface area contributed by atoms with Gasteiger partial charge in [-0.1, -0.05) is 30.3 Å². The summed E-state index contributed by atoms with van der Waals surface area (Å²) in [6.07, 6.45) is 1.67. The average molecular weight is 415 g/mol. The van der Waals surface area contributed by atoms with Crippen molar-refractivity contribution in [2.45, 2.75) is 0 Å². The number of halogens is 1. The van der Waals surface area contributed by atoms with Crippen molar-refractivity contribution >= 4 is 33.8 Å². The van der Waals surface area contributed by atoms with Gasteiger partial charge in [0.2, 0.25) is 5.82 Å². The topological polar surface area (TPSA) is 72.7 Å². The third-order valence-electron chi connectivity index (χ3n) is 4.49. The van der Waals surface area contributed by atoms with Gasteiger partial charge in [0, 0.05) is 11.6 Å². The maximum Gasteiger partial charge on any atom is 0.295 e. The first-order chi connectivity index (χ1) is 14.7. The molecule has 1 N–H and O–H groups in total. The van der Waals surface area contributed by atoms with E-state index in [4.69, 9.17) is 0 Å². The number of nitrogens with zero attached hydrogens (tertiary/aromatic N) is 4. The van der Waals surface area contributed by atoms with E-state index in [1.54, 1.807) is 24.4 Å². The number of hydrogen-bond donors (Lipinski definition) is 1. The van der Waals surface area contributed by atoms with Crippen LogP contribution < -0.4 is 5.32 Å². The minimum Gasteiger partial charge on any atom is -0.317 e. The van der Waals surface area contributed by atoms with Crippen LogP contribution in [0.4, 0.5) is 10.1 Å². The Morgan fingerprint density at radius 1 is 1.03 bits per heavy atom. The number of anilines is 1. The highest BCUT2D eigenvalue weighted by molar-refractivity contribution is 7.13. The van der Waals surface area contributed by atoms with Crippen LogP contribution in [0.25, 0.3) is 27.3 Å². The van der Waals surface area contributed by atoms with Gasteiger partial charge in [0.15, 0.2) is 5.82 Å². The van der Waals surface area contributed by atoms with E-state index in [1.807, 2.05) is 41.8 Å².